The van der Waals surface area contributed by atoms with E-state index >= 15 is 0 Å². The number of rotatable bonds is 4. The molecule has 1 aliphatic heterocycles. The van der Waals surface area contributed by atoms with Crippen LogP contribution < -0.4 is 0 Å². The van der Waals surface area contributed by atoms with Crippen LogP contribution in [0, 0.1) is 5.92 Å². The predicted molar refractivity (Wildman–Crippen MR) is 42.5 cm³/mol. The van der Waals surface area contributed by atoms with Gasteiger partial charge >= 0.3 is 0 Å². The highest BCUT2D eigenvalue weighted by molar-refractivity contribution is 5.54. The van der Waals surface area contributed by atoms with Crippen LogP contribution in [0.4, 0.5) is 0 Å². The van der Waals surface area contributed by atoms with Crippen molar-refractivity contribution >= 4 is 6.29 Å². The van der Waals surface area contributed by atoms with E-state index in [0.29, 0.717) is 0 Å². The molecule has 0 N–H and O–H groups in total. The summed E-state index contributed by atoms with van der Waals surface area (Å²) in [5.41, 5.74) is 0. The Balaban J connectivity index is 2.14. The van der Waals surface area contributed by atoms with Crippen molar-refractivity contribution < 1.29 is 9.53 Å². The van der Waals surface area contributed by atoms with E-state index < -0.39 is 0 Å². The standard InChI is InChI=1S/C8H15NO2/c1-11-5-4-9-3-2-8(6-9)7-10/h7-8H,2-6H2,1H3. The molecule has 11 heavy (non-hydrogen) atoms. The first-order valence-electron chi connectivity index (χ1n) is 4.03. The molecule has 1 atom stereocenters. The van der Waals surface area contributed by atoms with Gasteiger partial charge in [-0.25, -0.2) is 0 Å². The second-order valence-corrected chi connectivity index (χ2v) is 2.98. The molecule has 1 saturated heterocycles. The van der Waals surface area contributed by atoms with Gasteiger partial charge in [-0.3, -0.25) is 0 Å². The lowest BCUT2D eigenvalue weighted by atomic mass is 10.1. The smallest absolute Gasteiger partial charge is 0.124 e. The number of methoxy groups -OCH3 is 1. The number of aldehydes is 1. The highest BCUT2D eigenvalue weighted by Gasteiger charge is 2.20. The second kappa shape index (κ2) is 4.46. The SMILES string of the molecule is COCCN1CCC(C=O)C1. The maximum absolute atomic E-state index is 10.4. The molecular weight excluding hydrogens is 142 g/mol. The Morgan fingerprint density at radius 1 is 1.73 bits per heavy atom. The third kappa shape index (κ3) is 2.60. The first-order chi connectivity index (χ1) is 5.36. The minimum Gasteiger partial charge on any atom is -0.383 e. The first-order valence-corrected chi connectivity index (χ1v) is 4.03. The Labute approximate surface area is 67.3 Å². The molecule has 0 radical (unpaired) electrons. The highest BCUT2D eigenvalue weighted by Crippen LogP contribution is 2.12. The zero-order valence-corrected chi connectivity index (χ0v) is 6.95. The van der Waals surface area contributed by atoms with E-state index in [2.05, 4.69) is 4.90 Å². The maximum Gasteiger partial charge on any atom is 0.124 e. The average molecular weight is 157 g/mol. The number of hydrogen-bond acceptors (Lipinski definition) is 3. The van der Waals surface area contributed by atoms with Crippen molar-refractivity contribution in [1.29, 1.82) is 0 Å². The van der Waals surface area contributed by atoms with Gasteiger partial charge in [0, 0.05) is 26.1 Å². The summed E-state index contributed by atoms with van der Waals surface area (Å²) in [5, 5.41) is 0. The van der Waals surface area contributed by atoms with E-state index in [1.807, 2.05) is 0 Å². The third-order valence-corrected chi connectivity index (χ3v) is 2.11. The van der Waals surface area contributed by atoms with Gasteiger partial charge in [-0.05, 0) is 13.0 Å². The van der Waals surface area contributed by atoms with Gasteiger partial charge < -0.3 is 14.4 Å². The summed E-state index contributed by atoms with van der Waals surface area (Å²) < 4.78 is 4.94. The highest BCUT2D eigenvalue weighted by atomic mass is 16.5. The van der Waals surface area contributed by atoms with Crippen LogP contribution >= 0.6 is 0 Å². The Hall–Kier alpha value is -0.410. The second-order valence-electron chi connectivity index (χ2n) is 2.98. The van der Waals surface area contributed by atoms with Crippen LogP contribution in [0.25, 0.3) is 0 Å². The summed E-state index contributed by atoms with van der Waals surface area (Å²) in [4.78, 5) is 12.6. The van der Waals surface area contributed by atoms with Crippen molar-refractivity contribution in [2.45, 2.75) is 6.42 Å². The molecule has 3 nitrogen and oxygen atoms in total. The third-order valence-electron chi connectivity index (χ3n) is 2.11. The van der Waals surface area contributed by atoms with E-state index in [1.54, 1.807) is 7.11 Å². The summed E-state index contributed by atoms with van der Waals surface area (Å²) >= 11 is 0. The topological polar surface area (TPSA) is 29.5 Å². The van der Waals surface area contributed by atoms with E-state index in [9.17, 15) is 4.79 Å². The summed E-state index contributed by atoms with van der Waals surface area (Å²) in [5.74, 6) is 0.270. The van der Waals surface area contributed by atoms with Gasteiger partial charge in [-0.15, -0.1) is 0 Å². The number of carbonyl (C=O) groups is 1. The quantitative estimate of drug-likeness (QED) is 0.544. The van der Waals surface area contributed by atoms with Crippen molar-refractivity contribution in [2.24, 2.45) is 5.92 Å². The zero-order valence-electron chi connectivity index (χ0n) is 6.95. The minimum absolute atomic E-state index is 0.270. The minimum atomic E-state index is 0.270. The molecule has 1 rings (SSSR count). The normalized spacial score (nSPS) is 25.7. The van der Waals surface area contributed by atoms with E-state index in [1.165, 1.54) is 0 Å². The van der Waals surface area contributed by atoms with Crippen LogP contribution in [0.1, 0.15) is 6.42 Å². The molecule has 0 aromatic carbocycles. The number of hydrogen-bond donors (Lipinski definition) is 0. The molecule has 0 bridgehead atoms. The van der Waals surface area contributed by atoms with E-state index in [4.69, 9.17) is 4.74 Å². The lowest BCUT2D eigenvalue weighted by molar-refractivity contribution is -0.110. The summed E-state index contributed by atoms with van der Waals surface area (Å²) in [6, 6.07) is 0. The fraction of sp³-hybridized carbons (Fsp3) is 0.875. The summed E-state index contributed by atoms with van der Waals surface area (Å²) in [6.45, 7) is 3.70. The van der Waals surface area contributed by atoms with E-state index in [0.717, 1.165) is 38.9 Å². The Morgan fingerprint density at radius 2 is 2.55 bits per heavy atom. The molecule has 1 fully saturated rings. The maximum atomic E-state index is 10.4. The van der Waals surface area contributed by atoms with Crippen LogP contribution in [-0.2, 0) is 9.53 Å². The zero-order chi connectivity index (χ0) is 8.10. The number of carbonyl (C=O) groups excluding carboxylic acids is 1. The molecule has 0 saturated carbocycles. The largest absolute Gasteiger partial charge is 0.383 e. The van der Waals surface area contributed by atoms with Gasteiger partial charge in [0.15, 0.2) is 0 Å². The molecule has 0 aromatic heterocycles. The van der Waals surface area contributed by atoms with Crippen LogP contribution in [0.15, 0.2) is 0 Å². The van der Waals surface area contributed by atoms with Crippen molar-refractivity contribution in [1.82, 2.24) is 4.90 Å². The number of ether oxygens (including phenoxy) is 1. The number of nitrogens with zero attached hydrogens (tertiary/aromatic N) is 1. The summed E-state index contributed by atoms with van der Waals surface area (Å²) in [7, 11) is 1.70. The molecule has 0 amide bonds. The molecule has 64 valence electrons. The van der Waals surface area contributed by atoms with Gasteiger partial charge in [0.25, 0.3) is 0 Å². The monoisotopic (exact) mass is 157 g/mol. The Kier molecular flexibility index (Phi) is 3.52. The van der Waals surface area contributed by atoms with Crippen LogP contribution in [0.3, 0.4) is 0 Å². The molecule has 0 aliphatic carbocycles. The summed E-state index contributed by atoms with van der Waals surface area (Å²) in [6.07, 6.45) is 2.08. The molecule has 1 unspecified atom stereocenters. The van der Waals surface area contributed by atoms with E-state index in [-0.39, 0.29) is 5.92 Å². The molecule has 1 heterocycles. The van der Waals surface area contributed by atoms with Gasteiger partial charge in [-0.2, -0.15) is 0 Å². The van der Waals surface area contributed by atoms with Crippen molar-refractivity contribution in [3.63, 3.8) is 0 Å². The van der Waals surface area contributed by atoms with Crippen LogP contribution in [-0.4, -0.2) is 44.5 Å². The van der Waals surface area contributed by atoms with Crippen LogP contribution in [0.2, 0.25) is 0 Å². The van der Waals surface area contributed by atoms with Gasteiger partial charge in [0.05, 0.1) is 6.61 Å². The lowest BCUT2D eigenvalue weighted by Gasteiger charge is -2.13. The molecule has 1 aliphatic rings. The van der Waals surface area contributed by atoms with Crippen LogP contribution in [0.5, 0.6) is 0 Å². The molecular formula is C8H15NO2. The van der Waals surface area contributed by atoms with Crippen molar-refractivity contribution in [3.05, 3.63) is 0 Å². The predicted octanol–water partition coefficient (Wildman–Crippen LogP) is 0.154. The average Bonchev–Trinajstić information content (AvgIpc) is 2.48. The fourth-order valence-electron chi connectivity index (χ4n) is 1.40. The Morgan fingerprint density at radius 3 is 3.09 bits per heavy atom. The fourth-order valence-corrected chi connectivity index (χ4v) is 1.40. The first kappa shape index (κ1) is 8.68. The van der Waals surface area contributed by atoms with Crippen molar-refractivity contribution in [3.8, 4) is 0 Å². The van der Waals surface area contributed by atoms with Gasteiger partial charge in [0.1, 0.15) is 6.29 Å². The van der Waals surface area contributed by atoms with Crippen molar-refractivity contribution in [2.75, 3.05) is 33.4 Å². The molecule has 3 heteroatoms. The Bertz CT molecular complexity index is 127. The molecule has 0 spiro atoms. The van der Waals surface area contributed by atoms with Gasteiger partial charge in [0.2, 0.25) is 0 Å². The molecule has 0 aromatic rings. The number of likely N-dealkylation sites (tertiary alicyclic amines) is 1. The van der Waals surface area contributed by atoms with Gasteiger partial charge in [-0.1, -0.05) is 0 Å². The lowest BCUT2D eigenvalue weighted by Crippen LogP contribution is -2.24.